The van der Waals surface area contributed by atoms with Gasteiger partial charge in [0.2, 0.25) is 0 Å². The molecule has 1 aliphatic rings. The molecule has 0 N–H and O–H groups in total. The van der Waals surface area contributed by atoms with Crippen LogP contribution in [0.2, 0.25) is 0 Å². The van der Waals surface area contributed by atoms with Crippen LogP contribution in [0.4, 0.5) is 13.2 Å². The van der Waals surface area contributed by atoms with Gasteiger partial charge in [-0.2, -0.15) is 0 Å². The van der Waals surface area contributed by atoms with Crippen molar-refractivity contribution < 1.29 is 13.2 Å². The molecule has 0 fully saturated rings. The van der Waals surface area contributed by atoms with Gasteiger partial charge in [-0.3, -0.25) is 4.98 Å². The number of fused-ring (bicyclic) bond motifs is 1. The molecule has 2 aromatic rings. The van der Waals surface area contributed by atoms with E-state index in [-0.39, 0.29) is 5.35 Å². The molecule has 0 saturated carbocycles. The van der Waals surface area contributed by atoms with Crippen molar-refractivity contribution in [1.29, 1.82) is 0 Å². The number of pyridine rings is 1. The third kappa shape index (κ3) is 1.93. The van der Waals surface area contributed by atoms with E-state index >= 15 is 0 Å². The number of nitrogens with zero attached hydrogens (tertiary/aromatic N) is 3. The van der Waals surface area contributed by atoms with Crippen LogP contribution in [0.1, 0.15) is 0 Å². The van der Waals surface area contributed by atoms with Crippen molar-refractivity contribution in [1.82, 2.24) is 14.5 Å². The van der Waals surface area contributed by atoms with E-state index in [2.05, 4.69) is 9.97 Å². The van der Waals surface area contributed by atoms with Crippen LogP contribution in [0, 0.1) is 5.82 Å². The lowest BCUT2D eigenvalue weighted by atomic mass is 10.2. The molecule has 0 aromatic carbocycles. The predicted octanol–water partition coefficient (Wildman–Crippen LogP) is 1.39. The van der Waals surface area contributed by atoms with Crippen LogP contribution in [0.25, 0.3) is 23.3 Å². The van der Waals surface area contributed by atoms with Crippen LogP contribution >= 0.6 is 0 Å². The minimum Gasteiger partial charge on any atom is -0.325 e. The number of allylic oxidation sites excluding steroid dienone is 2. The number of halogens is 3. The van der Waals surface area contributed by atoms with Gasteiger partial charge in [0.25, 0.3) is 0 Å². The van der Waals surface area contributed by atoms with Crippen molar-refractivity contribution in [2.75, 3.05) is 0 Å². The summed E-state index contributed by atoms with van der Waals surface area (Å²) < 4.78 is 42.2. The summed E-state index contributed by atoms with van der Waals surface area (Å²) in [6.07, 6.45) is 4.73. The Bertz CT molecular complexity index is 821. The zero-order chi connectivity index (χ0) is 14.3. The number of aromatic nitrogens is 3. The summed E-state index contributed by atoms with van der Waals surface area (Å²) in [6.45, 7) is 0. The van der Waals surface area contributed by atoms with Crippen LogP contribution in [0.5, 0.6) is 0 Å². The molecule has 1 unspecified atom stereocenters. The molecule has 6 heteroatoms. The summed E-state index contributed by atoms with van der Waals surface area (Å²) in [5.41, 5.74) is 0.404. The van der Waals surface area contributed by atoms with Crippen molar-refractivity contribution in [2.24, 2.45) is 7.05 Å². The SMILES string of the molecule is Cn1c(-c2cncc(F)c2)nc2c1=C(F)C(F)C=CC=2. The van der Waals surface area contributed by atoms with E-state index in [0.29, 0.717) is 16.7 Å². The number of imidazole rings is 1. The molecule has 3 nitrogen and oxygen atoms in total. The first-order valence-corrected chi connectivity index (χ1v) is 5.94. The maximum atomic E-state index is 14.0. The minimum absolute atomic E-state index is 0.0572. The summed E-state index contributed by atoms with van der Waals surface area (Å²) in [4.78, 5) is 7.96. The molecule has 0 aliphatic heterocycles. The fraction of sp³-hybridized carbons (Fsp3) is 0.143. The molecule has 0 amide bonds. The van der Waals surface area contributed by atoms with Gasteiger partial charge >= 0.3 is 0 Å². The molecule has 2 aromatic heterocycles. The second kappa shape index (κ2) is 4.63. The number of rotatable bonds is 1. The maximum Gasteiger partial charge on any atom is 0.172 e. The van der Waals surface area contributed by atoms with E-state index < -0.39 is 17.8 Å². The molecule has 1 aliphatic carbocycles. The summed E-state index contributed by atoms with van der Waals surface area (Å²) in [7, 11) is 1.55. The number of hydrogen-bond acceptors (Lipinski definition) is 2. The Morgan fingerprint density at radius 2 is 2.05 bits per heavy atom. The van der Waals surface area contributed by atoms with Gasteiger partial charge in [0.1, 0.15) is 17.0 Å². The van der Waals surface area contributed by atoms with E-state index in [1.54, 1.807) is 7.05 Å². The zero-order valence-corrected chi connectivity index (χ0v) is 10.5. The van der Waals surface area contributed by atoms with Crippen molar-refractivity contribution >= 4 is 11.9 Å². The Kier molecular flexibility index (Phi) is 2.93. The number of alkyl halides is 1. The highest BCUT2D eigenvalue weighted by Crippen LogP contribution is 2.16. The van der Waals surface area contributed by atoms with Gasteiger partial charge in [0.15, 0.2) is 12.0 Å². The smallest absolute Gasteiger partial charge is 0.172 e. The molecule has 0 radical (unpaired) electrons. The van der Waals surface area contributed by atoms with Gasteiger partial charge in [-0.25, -0.2) is 18.2 Å². The molecule has 102 valence electrons. The first kappa shape index (κ1) is 12.7. The normalized spacial score (nSPS) is 17.6. The Labute approximate surface area is 112 Å². The Morgan fingerprint density at radius 1 is 1.25 bits per heavy atom. The minimum atomic E-state index is -1.80. The number of hydrogen-bond donors (Lipinski definition) is 0. The third-order valence-electron chi connectivity index (χ3n) is 3.09. The standard InChI is InChI=1S/C14H10F3N3/c1-20-13-11(4-2-3-10(16)12(13)17)19-14(20)8-5-9(15)7-18-6-8/h2-7,10H,1H3. The van der Waals surface area contributed by atoms with E-state index in [9.17, 15) is 13.2 Å². The van der Waals surface area contributed by atoms with Gasteiger partial charge in [-0.05, 0) is 18.2 Å². The zero-order valence-electron chi connectivity index (χ0n) is 10.5. The fourth-order valence-electron chi connectivity index (χ4n) is 2.17. The van der Waals surface area contributed by atoms with Gasteiger partial charge in [0, 0.05) is 18.8 Å². The monoisotopic (exact) mass is 277 g/mol. The lowest BCUT2D eigenvalue weighted by Gasteiger charge is -2.03. The average molecular weight is 277 g/mol. The molecule has 2 heterocycles. The van der Waals surface area contributed by atoms with Crippen molar-refractivity contribution in [3.8, 4) is 11.4 Å². The molecule has 0 spiro atoms. The van der Waals surface area contributed by atoms with Gasteiger partial charge in [0.05, 0.1) is 11.5 Å². The van der Waals surface area contributed by atoms with Gasteiger partial charge in [-0.1, -0.05) is 6.08 Å². The van der Waals surface area contributed by atoms with Crippen LogP contribution in [-0.2, 0) is 7.05 Å². The van der Waals surface area contributed by atoms with Crippen molar-refractivity contribution in [2.45, 2.75) is 6.17 Å². The first-order chi connectivity index (χ1) is 9.58. The lowest BCUT2D eigenvalue weighted by Crippen LogP contribution is -2.31. The summed E-state index contributed by atoms with van der Waals surface area (Å²) >= 11 is 0. The van der Waals surface area contributed by atoms with Gasteiger partial charge < -0.3 is 4.57 Å². The largest absolute Gasteiger partial charge is 0.325 e. The van der Waals surface area contributed by atoms with Crippen LogP contribution in [-0.4, -0.2) is 20.7 Å². The quantitative estimate of drug-likeness (QED) is 0.788. The molecular formula is C14H10F3N3. The van der Waals surface area contributed by atoms with Crippen LogP contribution < -0.4 is 10.7 Å². The van der Waals surface area contributed by atoms with Crippen LogP contribution in [0.3, 0.4) is 0 Å². The van der Waals surface area contributed by atoms with E-state index in [0.717, 1.165) is 12.3 Å². The summed E-state index contributed by atoms with van der Waals surface area (Å²) in [6, 6.07) is 1.25. The summed E-state index contributed by atoms with van der Waals surface area (Å²) in [5, 5.41) is 0.363. The molecule has 0 saturated heterocycles. The van der Waals surface area contributed by atoms with E-state index in [4.69, 9.17) is 0 Å². The molecular weight excluding hydrogens is 267 g/mol. The highest BCUT2D eigenvalue weighted by molar-refractivity contribution is 5.58. The first-order valence-electron chi connectivity index (χ1n) is 5.94. The van der Waals surface area contributed by atoms with Crippen molar-refractivity contribution in [3.05, 3.63) is 47.1 Å². The fourth-order valence-corrected chi connectivity index (χ4v) is 2.17. The maximum absolute atomic E-state index is 14.0. The topological polar surface area (TPSA) is 30.7 Å². The molecule has 3 rings (SSSR count). The lowest BCUT2D eigenvalue weighted by molar-refractivity contribution is 0.434. The Balaban J connectivity index is 2.33. The highest BCUT2D eigenvalue weighted by Gasteiger charge is 2.18. The predicted molar refractivity (Wildman–Crippen MR) is 68.7 cm³/mol. The molecule has 1 atom stereocenters. The average Bonchev–Trinajstić information content (AvgIpc) is 2.67. The molecule has 0 bridgehead atoms. The van der Waals surface area contributed by atoms with E-state index in [1.807, 2.05) is 0 Å². The second-order valence-electron chi connectivity index (χ2n) is 4.42. The third-order valence-corrected chi connectivity index (χ3v) is 3.09. The van der Waals surface area contributed by atoms with E-state index in [1.165, 1.54) is 29.0 Å². The van der Waals surface area contributed by atoms with Crippen molar-refractivity contribution in [3.63, 3.8) is 0 Å². The molecule has 20 heavy (non-hydrogen) atoms. The van der Waals surface area contributed by atoms with Crippen LogP contribution in [0.15, 0.2) is 30.6 Å². The second-order valence-corrected chi connectivity index (χ2v) is 4.42. The Hall–Kier alpha value is -2.37. The Morgan fingerprint density at radius 3 is 2.80 bits per heavy atom. The van der Waals surface area contributed by atoms with Gasteiger partial charge in [-0.15, -0.1) is 0 Å². The highest BCUT2D eigenvalue weighted by atomic mass is 19.2. The summed E-state index contributed by atoms with van der Waals surface area (Å²) in [5.74, 6) is -1.09.